The molecule has 0 bridgehead atoms. The minimum absolute atomic E-state index is 0.00756. The number of amides is 11. The first-order valence-electron chi connectivity index (χ1n) is 20.6. The highest BCUT2D eigenvalue weighted by Gasteiger charge is 2.40. The van der Waals surface area contributed by atoms with Crippen molar-refractivity contribution in [1.29, 1.82) is 0 Å². The fraction of sp³-hybridized carbons (Fsp3) is 0.676. The number of carbonyl (C=O) groups excluding carboxylic acids is 11. The molecule has 1 saturated heterocycles. The van der Waals surface area contributed by atoms with E-state index >= 15 is 0 Å². The number of nitrogens with two attached hydrogens (primary N) is 4. The van der Waals surface area contributed by atoms with Gasteiger partial charge in [-0.05, 0) is 38.0 Å². The second-order valence-electron chi connectivity index (χ2n) is 15.2. The molecular weight excluding hydrogens is 868 g/mol. The van der Waals surface area contributed by atoms with Crippen molar-refractivity contribution in [3.8, 4) is 0 Å². The number of nitrogens with zero attached hydrogens (tertiary/aromatic N) is 1. The van der Waals surface area contributed by atoms with E-state index in [0.29, 0.717) is 6.42 Å². The van der Waals surface area contributed by atoms with Crippen molar-refractivity contribution in [2.24, 2.45) is 28.9 Å². The molecule has 1 aliphatic heterocycles. The molecule has 28 nitrogen and oxygen atoms in total. The van der Waals surface area contributed by atoms with Gasteiger partial charge in [-0.3, -0.25) is 52.7 Å². The zero-order valence-corrected chi connectivity index (χ0v) is 36.0. The number of hydrogen-bond donors (Lipinski definition) is 15. The quantitative estimate of drug-likeness (QED) is 0.0318. The van der Waals surface area contributed by atoms with Gasteiger partial charge in [-0.25, -0.2) is 4.79 Å². The molecule has 28 heteroatoms. The average Bonchev–Trinajstić information content (AvgIpc) is 3.76. The molecule has 0 aromatic carbocycles. The molecule has 0 radical (unpaired) electrons. The summed E-state index contributed by atoms with van der Waals surface area (Å²) in [7, 11) is 0. The van der Waals surface area contributed by atoms with Crippen molar-refractivity contribution in [2.45, 2.75) is 120 Å². The maximum atomic E-state index is 13.7. The summed E-state index contributed by atoms with van der Waals surface area (Å²) in [5, 5.41) is 54.8. The summed E-state index contributed by atoms with van der Waals surface area (Å²) in [5.74, 6) is -12.6. The van der Waals surface area contributed by atoms with Crippen LogP contribution in [0.5, 0.6) is 0 Å². The smallest absolute Gasteiger partial charge is 0.326 e. The van der Waals surface area contributed by atoms with Crippen molar-refractivity contribution in [2.75, 3.05) is 32.9 Å². The van der Waals surface area contributed by atoms with Gasteiger partial charge in [-0.15, -0.1) is 0 Å². The number of aliphatic carboxylic acids is 1. The highest BCUT2D eigenvalue weighted by Crippen LogP contribution is 2.19. The Morgan fingerprint density at radius 2 is 1.08 bits per heavy atom. The van der Waals surface area contributed by atoms with Crippen LogP contribution in [-0.2, 0) is 57.5 Å². The average molecular weight is 931 g/mol. The summed E-state index contributed by atoms with van der Waals surface area (Å²) in [6.45, 7) is -0.664. The van der Waals surface area contributed by atoms with E-state index < -0.39 is 177 Å². The Hall–Kier alpha value is -6.52. The number of rotatable bonds is 30. The maximum Gasteiger partial charge on any atom is 0.326 e. The molecule has 1 fully saturated rings. The molecule has 65 heavy (non-hydrogen) atoms. The zero-order chi connectivity index (χ0) is 49.6. The number of hydrogen-bond acceptors (Lipinski definition) is 16. The molecule has 366 valence electrons. The van der Waals surface area contributed by atoms with E-state index in [1.54, 1.807) is 13.8 Å². The van der Waals surface area contributed by atoms with Gasteiger partial charge in [0.25, 0.3) is 0 Å². The van der Waals surface area contributed by atoms with Gasteiger partial charge in [0, 0.05) is 25.8 Å². The number of carboxylic acid groups (broad SMARTS) is 1. The number of aliphatic hydroxyl groups is 3. The van der Waals surface area contributed by atoms with Gasteiger partial charge in [0.1, 0.15) is 42.3 Å². The Bertz CT molecular complexity index is 1750. The van der Waals surface area contributed by atoms with Gasteiger partial charge in [0.15, 0.2) is 0 Å². The molecule has 11 amide bonds. The molecule has 0 aromatic rings. The van der Waals surface area contributed by atoms with E-state index in [9.17, 15) is 78.0 Å². The first kappa shape index (κ1) is 56.5. The standard InChI is InChI=1S/C37H62N12O16/c1-3-17(2)29(37(64)65)48-34(61)22(15-51)46-33(60)20(8-11-27(41)55)44-35(62)24-5-4-12-49(24)36(63)23(16-52)47-32(59)19(7-10-26(40)54)43-28(56)13-42-31(58)21(14-50)45-30(57)18(38)6-9-25(39)53/h17-24,29,50-52H,3-16,38H2,1-2H3,(H2,39,53)(H2,40,54)(H2,41,55)(H,42,58)(H,43,56)(H,44,62)(H,45,57)(H,46,60)(H,47,59)(H,48,61)(H,64,65)/t17-,18-,19-,20-,21-,22-,23-,24-,29-/m0/s1. The van der Waals surface area contributed by atoms with Crippen LogP contribution in [-0.4, -0.2) is 178 Å². The topological polar surface area (TPSA) is 477 Å². The SMILES string of the molecule is CC[C@H](C)[C@H](NC(=O)[C@H](CO)NC(=O)[C@H](CCC(N)=O)NC(=O)[C@@H]1CCCN1C(=O)[C@H](CO)NC(=O)[C@H](CCC(N)=O)NC(=O)CNC(=O)[C@H](CO)NC(=O)[C@@H](N)CCC(N)=O)C(=O)O. The second-order valence-corrected chi connectivity index (χ2v) is 15.2. The normalized spacial score (nSPS) is 17.0. The van der Waals surface area contributed by atoms with Crippen LogP contribution in [0.15, 0.2) is 0 Å². The highest BCUT2D eigenvalue weighted by molar-refractivity contribution is 5.98. The fourth-order valence-corrected chi connectivity index (χ4v) is 6.18. The molecule has 0 saturated carbocycles. The third-order valence-corrected chi connectivity index (χ3v) is 10.1. The van der Waals surface area contributed by atoms with Crippen LogP contribution < -0.4 is 60.2 Å². The lowest BCUT2D eigenvalue weighted by Gasteiger charge is -2.30. The zero-order valence-electron chi connectivity index (χ0n) is 36.0. The van der Waals surface area contributed by atoms with Crippen LogP contribution in [0.4, 0.5) is 0 Å². The minimum Gasteiger partial charge on any atom is -0.480 e. The molecule has 19 N–H and O–H groups in total. The Labute approximate surface area is 372 Å². The van der Waals surface area contributed by atoms with Crippen molar-refractivity contribution < 1.29 is 78.0 Å². The fourth-order valence-electron chi connectivity index (χ4n) is 6.18. The van der Waals surface area contributed by atoms with E-state index in [0.717, 1.165) is 4.90 Å². The van der Waals surface area contributed by atoms with E-state index in [-0.39, 0.29) is 32.2 Å². The van der Waals surface area contributed by atoms with E-state index in [1.807, 2.05) is 0 Å². The third kappa shape index (κ3) is 19.4. The maximum absolute atomic E-state index is 13.7. The lowest BCUT2D eigenvalue weighted by Crippen LogP contribution is -2.60. The molecule has 0 aliphatic carbocycles. The predicted molar refractivity (Wildman–Crippen MR) is 221 cm³/mol. The van der Waals surface area contributed by atoms with Gasteiger partial charge >= 0.3 is 5.97 Å². The van der Waals surface area contributed by atoms with Gasteiger partial charge < -0.3 is 85.5 Å². The summed E-state index contributed by atoms with van der Waals surface area (Å²) in [6.07, 6.45) is -1.59. The number of carbonyl (C=O) groups is 12. The second kappa shape index (κ2) is 28.3. The van der Waals surface area contributed by atoms with Crippen LogP contribution in [0.1, 0.15) is 71.6 Å². The van der Waals surface area contributed by atoms with Crippen LogP contribution in [0.25, 0.3) is 0 Å². The van der Waals surface area contributed by atoms with E-state index in [2.05, 4.69) is 37.2 Å². The van der Waals surface area contributed by atoms with Gasteiger partial charge in [0.05, 0.1) is 32.4 Å². The van der Waals surface area contributed by atoms with Crippen molar-refractivity contribution in [3.05, 3.63) is 0 Å². The Balaban J connectivity index is 3.11. The molecule has 1 rings (SSSR count). The first-order valence-corrected chi connectivity index (χ1v) is 20.6. The van der Waals surface area contributed by atoms with Gasteiger partial charge in [-0.2, -0.15) is 0 Å². The summed E-state index contributed by atoms with van der Waals surface area (Å²) < 4.78 is 0. The van der Waals surface area contributed by atoms with Gasteiger partial charge in [-0.1, -0.05) is 20.3 Å². The Morgan fingerprint density at radius 3 is 1.57 bits per heavy atom. The monoisotopic (exact) mass is 930 g/mol. The Kier molecular flexibility index (Phi) is 24.6. The minimum atomic E-state index is -1.75. The van der Waals surface area contributed by atoms with Crippen molar-refractivity contribution in [1.82, 2.24) is 42.1 Å². The third-order valence-electron chi connectivity index (χ3n) is 10.1. The highest BCUT2D eigenvalue weighted by atomic mass is 16.4. The van der Waals surface area contributed by atoms with Crippen molar-refractivity contribution >= 4 is 70.9 Å². The van der Waals surface area contributed by atoms with Crippen LogP contribution in [0.3, 0.4) is 0 Å². The summed E-state index contributed by atoms with van der Waals surface area (Å²) in [5.41, 5.74) is 21.2. The largest absolute Gasteiger partial charge is 0.480 e. The number of primary amides is 3. The van der Waals surface area contributed by atoms with Crippen molar-refractivity contribution in [3.63, 3.8) is 0 Å². The number of nitrogens with one attached hydrogen (secondary N) is 7. The molecule has 0 spiro atoms. The van der Waals surface area contributed by atoms with E-state index in [4.69, 9.17) is 22.9 Å². The van der Waals surface area contributed by atoms with Crippen LogP contribution in [0.2, 0.25) is 0 Å². The number of aliphatic hydroxyl groups excluding tert-OH is 3. The molecule has 1 aliphatic rings. The first-order chi connectivity index (χ1) is 30.5. The summed E-state index contributed by atoms with van der Waals surface area (Å²) in [4.78, 5) is 152. The molecular formula is C37H62N12O16. The molecule has 9 atom stereocenters. The Morgan fingerprint density at radius 1 is 0.615 bits per heavy atom. The number of carboxylic acids is 1. The lowest BCUT2D eigenvalue weighted by molar-refractivity contribution is -0.144. The molecule has 0 aromatic heterocycles. The number of likely N-dealkylation sites (tertiary alicyclic amines) is 1. The molecule has 1 heterocycles. The van der Waals surface area contributed by atoms with Crippen LogP contribution in [0, 0.1) is 5.92 Å². The van der Waals surface area contributed by atoms with Gasteiger partial charge in [0.2, 0.25) is 65.0 Å². The van der Waals surface area contributed by atoms with E-state index in [1.165, 1.54) is 0 Å². The summed E-state index contributed by atoms with van der Waals surface area (Å²) >= 11 is 0. The predicted octanol–water partition coefficient (Wildman–Crippen LogP) is -8.77. The summed E-state index contributed by atoms with van der Waals surface area (Å²) in [6, 6.07) is -12.2. The van der Waals surface area contributed by atoms with Crippen LogP contribution >= 0.6 is 0 Å². The molecule has 0 unspecified atom stereocenters. The lowest BCUT2D eigenvalue weighted by atomic mass is 9.99.